The number of hydrogen-bond donors (Lipinski definition) is 0. The van der Waals surface area contributed by atoms with Crippen LogP contribution >= 0.6 is 11.6 Å². The average molecular weight is 270 g/mol. The molecule has 0 radical (unpaired) electrons. The zero-order valence-corrected chi connectivity index (χ0v) is 11.5. The minimum absolute atomic E-state index is 0.587. The second-order valence-electron chi connectivity index (χ2n) is 4.94. The van der Waals surface area contributed by atoms with Gasteiger partial charge in [0.15, 0.2) is 0 Å². The Kier molecular flexibility index (Phi) is 3.65. The Bertz CT molecular complexity index is 572. The maximum atomic E-state index is 5.94. The molecular weight excluding hydrogens is 254 g/mol. The van der Waals surface area contributed by atoms with Gasteiger partial charge in [-0.1, -0.05) is 54.1 Å². The van der Waals surface area contributed by atoms with Gasteiger partial charge in [-0.05, 0) is 42.0 Å². The third kappa shape index (κ3) is 2.87. The molecule has 2 aromatic rings. The normalized spacial score (nSPS) is 19.0. The molecule has 0 saturated carbocycles. The van der Waals surface area contributed by atoms with Crippen LogP contribution in [0, 0.1) is 0 Å². The van der Waals surface area contributed by atoms with Crippen molar-refractivity contribution in [1.29, 1.82) is 0 Å². The molecule has 2 heteroatoms. The van der Waals surface area contributed by atoms with E-state index < -0.39 is 0 Å². The van der Waals surface area contributed by atoms with Crippen LogP contribution < -0.4 is 0 Å². The summed E-state index contributed by atoms with van der Waals surface area (Å²) in [7, 11) is 0. The Morgan fingerprint density at radius 1 is 0.947 bits per heavy atom. The Balaban J connectivity index is 1.82. The molecule has 1 heterocycles. The van der Waals surface area contributed by atoms with E-state index in [-0.39, 0.29) is 0 Å². The summed E-state index contributed by atoms with van der Waals surface area (Å²) in [5.74, 6) is 0.587. The van der Waals surface area contributed by atoms with Gasteiger partial charge in [0.1, 0.15) is 0 Å². The van der Waals surface area contributed by atoms with Gasteiger partial charge < -0.3 is 0 Å². The van der Waals surface area contributed by atoms with Gasteiger partial charge in [0.05, 0.1) is 0 Å². The highest BCUT2D eigenvalue weighted by atomic mass is 35.5. The molecule has 1 unspecified atom stereocenters. The number of nitrogens with zero attached hydrogens (tertiary/aromatic N) is 1. The predicted molar refractivity (Wildman–Crippen MR) is 81.3 cm³/mol. The van der Waals surface area contributed by atoms with E-state index in [1.54, 1.807) is 0 Å². The highest BCUT2D eigenvalue weighted by molar-refractivity contribution is 6.30. The lowest BCUT2D eigenvalue weighted by molar-refractivity contribution is 0.630. The minimum Gasteiger partial charge on any atom is -0.289 e. The van der Waals surface area contributed by atoms with Gasteiger partial charge in [-0.2, -0.15) is 0 Å². The van der Waals surface area contributed by atoms with E-state index in [0.29, 0.717) is 5.92 Å². The summed E-state index contributed by atoms with van der Waals surface area (Å²) in [6, 6.07) is 18.7. The van der Waals surface area contributed by atoms with E-state index >= 15 is 0 Å². The molecule has 1 atom stereocenters. The van der Waals surface area contributed by atoms with Crippen LogP contribution in [-0.2, 0) is 0 Å². The Hall–Kier alpha value is -1.60. The minimum atomic E-state index is 0.587. The van der Waals surface area contributed by atoms with E-state index in [1.807, 2.05) is 12.1 Å². The van der Waals surface area contributed by atoms with Crippen LogP contribution in [0.2, 0.25) is 5.02 Å². The predicted octanol–water partition coefficient (Wildman–Crippen LogP) is 4.71. The maximum absolute atomic E-state index is 5.94. The van der Waals surface area contributed by atoms with Gasteiger partial charge in [0, 0.05) is 17.3 Å². The number of aliphatic imine (C=N–C) groups is 1. The summed E-state index contributed by atoms with van der Waals surface area (Å²) < 4.78 is 0. The Labute approximate surface area is 119 Å². The highest BCUT2D eigenvalue weighted by Gasteiger charge is 2.19. The molecule has 3 rings (SSSR count). The van der Waals surface area contributed by atoms with Crippen molar-refractivity contribution in [3.05, 3.63) is 70.7 Å². The van der Waals surface area contributed by atoms with E-state index in [2.05, 4.69) is 47.5 Å². The Morgan fingerprint density at radius 3 is 2.42 bits per heavy atom. The number of hydrogen-bond acceptors (Lipinski definition) is 1. The lowest BCUT2D eigenvalue weighted by Crippen LogP contribution is -2.15. The van der Waals surface area contributed by atoms with Gasteiger partial charge in [-0.3, -0.25) is 4.99 Å². The molecule has 1 aliphatic heterocycles. The molecule has 0 bridgehead atoms. The molecule has 0 fully saturated rings. The van der Waals surface area contributed by atoms with Crippen LogP contribution in [-0.4, -0.2) is 12.3 Å². The van der Waals surface area contributed by atoms with Crippen molar-refractivity contribution in [3.63, 3.8) is 0 Å². The smallest absolute Gasteiger partial charge is 0.0426 e. The van der Waals surface area contributed by atoms with Gasteiger partial charge in [0.25, 0.3) is 0 Å². The van der Waals surface area contributed by atoms with Crippen molar-refractivity contribution in [3.8, 4) is 0 Å². The van der Waals surface area contributed by atoms with Gasteiger partial charge in [0.2, 0.25) is 0 Å². The van der Waals surface area contributed by atoms with Gasteiger partial charge >= 0.3 is 0 Å². The molecule has 0 aliphatic carbocycles. The van der Waals surface area contributed by atoms with E-state index in [0.717, 1.165) is 24.4 Å². The molecule has 1 nitrogen and oxygen atoms in total. The van der Waals surface area contributed by atoms with Crippen molar-refractivity contribution in [2.75, 3.05) is 6.54 Å². The first-order valence-corrected chi connectivity index (χ1v) is 7.05. The maximum Gasteiger partial charge on any atom is 0.0426 e. The summed E-state index contributed by atoms with van der Waals surface area (Å²) in [5, 5.41) is 0.778. The molecule has 0 N–H and O–H groups in total. The largest absolute Gasteiger partial charge is 0.289 e. The van der Waals surface area contributed by atoms with Crippen LogP contribution in [0.3, 0.4) is 0 Å². The van der Waals surface area contributed by atoms with Gasteiger partial charge in [-0.15, -0.1) is 0 Å². The van der Waals surface area contributed by atoms with Crippen LogP contribution in [0.25, 0.3) is 0 Å². The van der Waals surface area contributed by atoms with Crippen molar-refractivity contribution < 1.29 is 0 Å². The first kappa shape index (κ1) is 12.4. The van der Waals surface area contributed by atoms with Crippen molar-refractivity contribution in [2.45, 2.75) is 18.8 Å². The summed E-state index contributed by atoms with van der Waals surface area (Å²) in [6.45, 7) is 0.914. The van der Waals surface area contributed by atoms with Gasteiger partial charge in [-0.25, -0.2) is 0 Å². The number of halogens is 1. The third-order valence-electron chi connectivity index (χ3n) is 3.67. The zero-order chi connectivity index (χ0) is 13.1. The molecular formula is C17H16ClN. The molecule has 2 aromatic carbocycles. The second-order valence-corrected chi connectivity index (χ2v) is 5.37. The van der Waals surface area contributed by atoms with Crippen LogP contribution in [0.5, 0.6) is 0 Å². The fourth-order valence-electron chi connectivity index (χ4n) is 2.62. The van der Waals surface area contributed by atoms with E-state index in [4.69, 9.17) is 11.6 Å². The number of benzene rings is 2. The van der Waals surface area contributed by atoms with Crippen LogP contribution in [0.1, 0.15) is 29.9 Å². The van der Waals surface area contributed by atoms with Crippen LogP contribution in [0.4, 0.5) is 0 Å². The van der Waals surface area contributed by atoms with Crippen molar-refractivity contribution in [2.24, 2.45) is 4.99 Å². The SMILES string of the molecule is Clc1ccc(C2=NCCC(c3ccccc3)C2)cc1. The quantitative estimate of drug-likeness (QED) is 0.749. The monoisotopic (exact) mass is 269 g/mol. The molecule has 19 heavy (non-hydrogen) atoms. The van der Waals surface area contributed by atoms with E-state index in [1.165, 1.54) is 16.8 Å². The van der Waals surface area contributed by atoms with Crippen molar-refractivity contribution in [1.82, 2.24) is 0 Å². The molecule has 1 aliphatic rings. The molecule has 96 valence electrons. The molecule has 0 aromatic heterocycles. The first-order chi connectivity index (χ1) is 9.33. The zero-order valence-electron chi connectivity index (χ0n) is 10.7. The average Bonchev–Trinajstić information content (AvgIpc) is 2.49. The number of rotatable bonds is 2. The fourth-order valence-corrected chi connectivity index (χ4v) is 2.74. The highest BCUT2D eigenvalue weighted by Crippen LogP contribution is 2.29. The lowest BCUT2D eigenvalue weighted by atomic mass is 9.86. The third-order valence-corrected chi connectivity index (χ3v) is 3.92. The summed E-state index contributed by atoms with van der Waals surface area (Å²) in [6.07, 6.45) is 2.16. The van der Waals surface area contributed by atoms with Crippen LogP contribution in [0.15, 0.2) is 59.6 Å². The fraction of sp³-hybridized carbons (Fsp3) is 0.235. The summed E-state index contributed by atoms with van der Waals surface area (Å²) >= 11 is 5.94. The Morgan fingerprint density at radius 2 is 1.68 bits per heavy atom. The molecule has 0 saturated heterocycles. The summed E-state index contributed by atoms with van der Waals surface area (Å²) in [5.41, 5.74) is 3.82. The second kappa shape index (κ2) is 5.58. The lowest BCUT2D eigenvalue weighted by Gasteiger charge is -2.22. The molecule has 0 spiro atoms. The topological polar surface area (TPSA) is 12.4 Å². The van der Waals surface area contributed by atoms with Crippen molar-refractivity contribution >= 4 is 17.3 Å². The van der Waals surface area contributed by atoms with E-state index in [9.17, 15) is 0 Å². The molecule has 0 amide bonds. The summed E-state index contributed by atoms with van der Waals surface area (Å²) in [4.78, 5) is 4.68. The first-order valence-electron chi connectivity index (χ1n) is 6.67. The standard InChI is InChI=1S/C17H16ClN/c18-16-8-6-14(7-9-16)17-12-15(10-11-19-17)13-4-2-1-3-5-13/h1-9,15H,10-12H2.